The van der Waals surface area contributed by atoms with Gasteiger partial charge in [-0.05, 0) is 23.1 Å². The standard InChI is InChI=1S/C16H15F3N2O2S/c1-21(9-11-4-2-3-5-13(11)16(17,18)19)14(22)8-20-15(23)12-6-7-24-10-12/h2-7,10H,8-9H2,1H3,(H,20,23). The highest BCUT2D eigenvalue weighted by Crippen LogP contribution is 2.32. The lowest BCUT2D eigenvalue weighted by Crippen LogP contribution is -2.38. The first kappa shape index (κ1) is 18.0. The summed E-state index contributed by atoms with van der Waals surface area (Å²) in [4.78, 5) is 24.9. The number of hydrogen-bond donors (Lipinski definition) is 1. The van der Waals surface area contributed by atoms with Gasteiger partial charge in [-0.2, -0.15) is 24.5 Å². The van der Waals surface area contributed by atoms with Gasteiger partial charge >= 0.3 is 6.18 Å². The Bertz CT molecular complexity index is 714. The minimum atomic E-state index is -4.48. The van der Waals surface area contributed by atoms with E-state index in [1.165, 1.54) is 36.6 Å². The Labute approximate surface area is 140 Å². The number of carbonyl (C=O) groups is 2. The number of amides is 2. The second-order valence-corrected chi connectivity index (χ2v) is 5.88. The van der Waals surface area contributed by atoms with E-state index in [4.69, 9.17) is 0 Å². The summed E-state index contributed by atoms with van der Waals surface area (Å²) >= 11 is 1.35. The van der Waals surface area contributed by atoms with Crippen molar-refractivity contribution in [1.29, 1.82) is 0 Å². The van der Waals surface area contributed by atoms with E-state index in [1.54, 1.807) is 16.8 Å². The molecule has 24 heavy (non-hydrogen) atoms. The minimum Gasteiger partial charge on any atom is -0.343 e. The summed E-state index contributed by atoms with van der Waals surface area (Å²) in [5.74, 6) is -0.871. The third kappa shape index (κ3) is 4.58. The molecule has 1 aromatic heterocycles. The van der Waals surface area contributed by atoms with Gasteiger partial charge in [0.2, 0.25) is 5.91 Å². The molecule has 0 saturated carbocycles. The molecule has 0 bridgehead atoms. The molecule has 0 atom stereocenters. The van der Waals surface area contributed by atoms with E-state index in [9.17, 15) is 22.8 Å². The smallest absolute Gasteiger partial charge is 0.343 e. The third-order valence-corrected chi connectivity index (χ3v) is 4.02. The monoisotopic (exact) mass is 356 g/mol. The quantitative estimate of drug-likeness (QED) is 0.895. The van der Waals surface area contributed by atoms with Crippen LogP contribution in [0, 0.1) is 0 Å². The fourth-order valence-corrected chi connectivity index (χ4v) is 2.70. The van der Waals surface area contributed by atoms with Crippen molar-refractivity contribution in [2.75, 3.05) is 13.6 Å². The molecule has 0 radical (unpaired) electrons. The second-order valence-electron chi connectivity index (χ2n) is 5.10. The average molecular weight is 356 g/mol. The van der Waals surface area contributed by atoms with Crippen molar-refractivity contribution in [3.63, 3.8) is 0 Å². The zero-order valence-electron chi connectivity index (χ0n) is 12.8. The van der Waals surface area contributed by atoms with Crippen LogP contribution in [-0.2, 0) is 17.5 Å². The molecule has 2 aromatic rings. The molecule has 0 aliphatic heterocycles. The summed E-state index contributed by atoms with van der Waals surface area (Å²) in [6, 6.07) is 6.72. The number of nitrogens with one attached hydrogen (secondary N) is 1. The Morgan fingerprint density at radius 1 is 1.21 bits per heavy atom. The fraction of sp³-hybridized carbons (Fsp3) is 0.250. The Balaban J connectivity index is 1.96. The maximum Gasteiger partial charge on any atom is 0.416 e. The van der Waals surface area contributed by atoms with Gasteiger partial charge in [0.05, 0.1) is 12.1 Å². The Hall–Kier alpha value is -2.35. The van der Waals surface area contributed by atoms with Crippen molar-refractivity contribution >= 4 is 23.2 Å². The van der Waals surface area contributed by atoms with E-state index < -0.39 is 23.6 Å². The van der Waals surface area contributed by atoms with Gasteiger partial charge in [0.15, 0.2) is 0 Å². The molecule has 1 N–H and O–H groups in total. The van der Waals surface area contributed by atoms with E-state index >= 15 is 0 Å². The molecule has 0 saturated heterocycles. The third-order valence-electron chi connectivity index (χ3n) is 3.34. The summed E-state index contributed by atoms with van der Waals surface area (Å²) in [7, 11) is 1.40. The van der Waals surface area contributed by atoms with Crippen LogP contribution in [0.3, 0.4) is 0 Å². The number of likely N-dealkylation sites (N-methyl/N-ethyl adjacent to an activating group) is 1. The molecule has 8 heteroatoms. The number of alkyl halides is 3. The highest BCUT2D eigenvalue weighted by atomic mass is 32.1. The summed E-state index contributed by atoms with van der Waals surface area (Å²) in [6.07, 6.45) is -4.48. The van der Waals surface area contributed by atoms with Gasteiger partial charge in [0.25, 0.3) is 5.91 Å². The second kappa shape index (κ2) is 7.48. The first-order chi connectivity index (χ1) is 11.3. The molecule has 2 rings (SSSR count). The van der Waals surface area contributed by atoms with E-state index in [2.05, 4.69) is 5.32 Å². The normalized spacial score (nSPS) is 11.2. The van der Waals surface area contributed by atoms with Gasteiger partial charge in [0.1, 0.15) is 0 Å². The van der Waals surface area contributed by atoms with Gasteiger partial charge in [0, 0.05) is 24.5 Å². The molecule has 0 unspecified atom stereocenters. The number of nitrogens with zero attached hydrogens (tertiary/aromatic N) is 1. The van der Waals surface area contributed by atoms with Gasteiger partial charge < -0.3 is 10.2 Å². The Morgan fingerprint density at radius 3 is 2.54 bits per heavy atom. The van der Waals surface area contributed by atoms with E-state index in [1.807, 2.05) is 0 Å². The zero-order chi connectivity index (χ0) is 17.7. The molecule has 0 aliphatic carbocycles. The number of halogens is 3. The van der Waals surface area contributed by atoms with Crippen LogP contribution >= 0.6 is 11.3 Å². The maximum atomic E-state index is 13.0. The maximum absolute atomic E-state index is 13.0. The summed E-state index contributed by atoms with van der Waals surface area (Å²) < 4.78 is 38.9. The summed E-state index contributed by atoms with van der Waals surface area (Å²) in [5, 5.41) is 5.83. The van der Waals surface area contributed by atoms with Crippen LogP contribution in [0.15, 0.2) is 41.1 Å². The van der Waals surface area contributed by atoms with Crippen LogP contribution in [0.2, 0.25) is 0 Å². The molecular weight excluding hydrogens is 341 g/mol. The molecule has 1 heterocycles. The number of carbonyl (C=O) groups excluding carboxylic acids is 2. The Kier molecular flexibility index (Phi) is 5.61. The molecule has 2 amide bonds. The summed E-state index contributed by atoms with van der Waals surface area (Å²) in [5.41, 5.74) is -0.324. The van der Waals surface area contributed by atoms with Crippen molar-refractivity contribution in [3.05, 3.63) is 57.8 Å². The van der Waals surface area contributed by atoms with Crippen molar-refractivity contribution < 1.29 is 22.8 Å². The Morgan fingerprint density at radius 2 is 1.92 bits per heavy atom. The minimum absolute atomic E-state index is 0.00464. The van der Waals surface area contributed by atoms with Gasteiger partial charge in [-0.3, -0.25) is 9.59 Å². The molecular formula is C16H15F3N2O2S. The lowest BCUT2D eigenvalue weighted by atomic mass is 10.1. The first-order valence-electron chi connectivity index (χ1n) is 6.98. The van der Waals surface area contributed by atoms with Crippen molar-refractivity contribution in [2.24, 2.45) is 0 Å². The van der Waals surface area contributed by atoms with Gasteiger partial charge in [-0.15, -0.1) is 0 Å². The van der Waals surface area contributed by atoms with Crippen LogP contribution in [0.1, 0.15) is 21.5 Å². The molecule has 0 spiro atoms. The van der Waals surface area contributed by atoms with Crippen LogP contribution < -0.4 is 5.32 Å². The van der Waals surface area contributed by atoms with Crippen molar-refractivity contribution in [3.8, 4) is 0 Å². The average Bonchev–Trinajstić information content (AvgIpc) is 3.06. The number of thiophene rings is 1. The van der Waals surface area contributed by atoms with Crippen LogP contribution in [0.25, 0.3) is 0 Å². The molecule has 0 aliphatic rings. The lowest BCUT2D eigenvalue weighted by Gasteiger charge is -2.20. The van der Waals surface area contributed by atoms with Gasteiger partial charge in [-0.1, -0.05) is 18.2 Å². The zero-order valence-corrected chi connectivity index (χ0v) is 13.6. The highest BCUT2D eigenvalue weighted by molar-refractivity contribution is 7.08. The largest absolute Gasteiger partial charge is 0.416 e. The lowest BCUT2D eigenvalue weighted by molar-refractivity contribution is -0.139. The fourth-order valence-electron chi connectivity index (χ4n) is 2.07. The van der Waals surface area contributed by atoms with Crippen LogP contribution in [-0.4, -0.2) is 30.3 Å². The van der Waals surface area contributed by atoms with E-state index in [0.29, 0.717) is 5.56 Å². The van der Waals surface area contributed by atoms with E-state index in [-0.39, 0.29) is 18.7 Å². The number of rotatable bonds is 5. The topological polar surface area (TPSA) is 49.4 Å². The molecule has 4 nitrogen and oxygen atoms in total. The molecule has 0 fully saturated rings. The van der Waals surface area contributed by atoms with Gasteiger partial charge in [-0.25, -0.2) is 0 Å². The van der Waals surface area contributed by atoms with Crippen LogP contribution in [0.5, 0.6) is 0 Å². The van der Waals surface area contributed by atoms with E-state index in [0.717, 1.165) is 11.0 Å². The van der Waals surface area contributed by atoms with Crippen LogP contribution in [0.4, 0.5) is 13.2 Å². The SMILES string of the molecule is CN(Cc1ccccc1C(F)(F)F)C(=O)CNC(=O)c1ccsc1. The van der Waals surface area contributed by atoms with Crippen molar-refractivity contribution in [2.45, 2.75) is 12.7 Å². The number of benzene rings is 1. The predicted octanol–water partition coefficient (Wildman–Crippen LogP) is 3.16. The highest BCUT2D eigenvalue weighted by Gasteiger charge is 2.33. The number of hydrogen-bond acceptors (Lipinski definition) is 3. The summed E-state index contributed by atoms with van der Waals surface area (Å²) in [6.45, 7) is -0.470. The molecule has 1 aromatic carbocycles. The molecule has 128 valence electrons. The predicted molar refractivity (Wildman–Crippen MR) is 84.6 cm³/mol. The van der Waals surface area contributed by atoms with Crippen molar-refractivity contribution in [1.82, 2.24) is 10.2 Å². The first-order valence-corrected chi connectivity index (χ1v) is 7.93.